The molecule has 0 aromatic heterocycles. The van der Waals surface area contributed by atoms with Gasteiger partial charge in [-0.1, -0.05) is 47.5 Å². The van der Waals surface area contributed by atoms with Gasteiger partial charge in [-0.05, 0) is 110 Å². The van der Waals surface area contributed by atoms with Crippen LogP contribution in [-0.4, -0.2) is 0 Å². The maximum Gasteiger partial charge on any atom is 0.0716 e. The number of hydrogen-bond acceptors (Lipinski definition) is 0. The summed E-state index contributed by atoms with van der Waals surface area (Å²) in [6.45, 7) is 13.2. The lowest BCUT2D eigenvalue weighted by Gasteiger charge is -2.14. The highest BCUT2D eigenvalue weighted by Crippen LogP contribution is 2.47. The second-order valence-electron chi connectivity index (χ2n) is 9.12. The molecule has 0 unspecified atom stereocenters. The zero-order valence-corrected chi connectivity index (χ0v) is 19.2. The third-order valence-electron chi connectivity index (χ3n) is 6.46. The minimum atomic E-state index is 1.07. The van der Waals surface area contributed by atoms with Crippen molar-refractivity contribution in [3.05, 3.63) is 94.0 Å². The lowest BCUT2D eigenvalue weighted by molar-refractivity contribution is 1.23. The van der Waals surface area contributed by atoms with E-state index in [9.17, 15) is 0 Å². The van der Waals surface area contributed by atoms with Crippen LogP contribution in [0.2, 0.25) is 0 Å². The van der Waals surface area contributed by atoms with Gasteiger partial charge in [-0.3, -0.25) is 0 Å². The molecule has 1 radical (unpaired) electrons. The smallest absolute Gasteiger partial charge is 0.0716 e. The second kappa shape index (κ2) is 7.13. The van der Waals surface area contributed by atoms with Crippen LogP contribution in [0.25, 0.3) is 33.4 Å². The zero-order valence-electron chi connectivity index (χ0n) is 19.2. The molecule has 153 valence electrons. The molecule has 1 aliphatic rings. The summed E-state index contributed by atoms with van der Waals surface area (Å²) in [5.41, 5.74) is 17.7. The Morgan fingerprint density at radius 3 is 1.16 bits per heavy atom. The zero-order chi connectivity index (χ0) is 21.9. The Morgan fingerprint density at radius 2 is 0.806 bits per heavy atom. The molecule has 4 aromatic rings. The van der Waals surface area contributed by atoms with Crippen LogP contribution in [0.15, 0.2) is 60.7 Å². The summed E-state index contributed by atoms with van der Waals surface area (Å²) in [7, 11) is 0. The molecule has 0 amide bonds. The molecule has 1 heterocycles. The molecule has 0 spiro atoms. The van der Waals surface area contributed by atoms with Gasteiger partial charge in [-0.2, -0.15) is 0 Å². The van der Waals surface area contributed by atoms with Gasteiger partial charge in [0.25, 0.3) is 0 Å². The molecule has 31 heavy (non-hydrogen) atoms. The molecule has 1 nitrogen and oxygen atoms in total. The Bertz CT molecular complexity index is 1210. The van der Waals surface area contributed by atoms with Crippen molar-refractivity contribution in [3.63, 3.8) is 0 Å². The predicted molar refractivity (Wildman–Crippen MR) is 133 cm³/mol. The first-order valence-electron chi connectivity index (χ1n) is 11.0. The van der Waals surface area contributed by atoms with Crippen LogP contribution in [0.4, 0.5) is 11.4 Å². The third kappa shape index (κ3) is 3.25. The number of benzene rings is 4. The Balaban J connectivity index is 1.66. The highest BCUT2D eigenvalue weighted by molar-refractivity contribution is 5.95. The van der Waals surface area contributed by atoms with Crippen LogP contribution >= 0.6 is 0 Å². The summed E-state index contributed by atoms with van der Waals surface area (Å²) in [5.74, 6) is 0. The van der Waals surface area contributed by atoms with E-state index in [0.29, 0.717) is 0 Å². The van der Waals surface area contributed by atoms with Gasteiger partial charge in [-0.15, -0.1) is 0 Å². The first kappa shape index (κ1) is 19.6. The van der Waals surface area contributed by atoms with Gasteiger partial charge in [0.1, 0.15) is 0 Å². The number of nitrogens with zero attached hydrogens (tertiary/aromatic N) is 1. The first-order valence-corrected chi connectivity index (χ1v) is 11.0. The minimum absolute atomic E-state index is 1.07. The lowest BCUT2D eigenvalue weighted by atomic mass is 9.90. The fraction of sp³-hybridized carbons (Fsp3) is 0.200. The van der Waals surface area contributed by atoms with Crippen molar-refractivity contribution in [1.82, 2.24) is 5.32 Å². The van der Waals surface area contributed by atoms with Crippen molar-refractivity contribution in [3.8, 4) is 33.4 Å². The van der Waals surface area contributed by atoms with Crippen molar-refractivity contribution in [2.24, 2.45) is 0 Å². The third-order valence-corrected chi connectivity index (χ3v) is 6.46. The molecule has 0 saturated heterocycles. The largest absolute Gasteiger partial charge is 0.248 e. The van der Waals surface area contributed by atoms with E-state index < -0.39 is 0 Å². The maximum absolute atomic E-state index is 4.90. The molecule has 0 aliphatic carbocycles. The van der Waals surface area contributed by atoms with Crippen molar-refractivity contribution in [2.75, 3.05) is 0 Å². The van der Waals surface area contributed by atoms with Crippen LogP contribution < -0.4 is 5.32 Å². The van der Waals surface area contributed by atoms with E-state index in [1.165, 1.54) is 66.8 Å². The first-order chi connectivity index (χ1) is 14.8. The maximum atomic E-state index is 4.90. The Kier molecular flexibility index (Phi) is 4.51. The lowest BCUT2D eigenvalue weighted by Crippen LogP contribution is -1.91. The van der Waals surface area contributed by atoms with Gasteiger partial charge >= 0.3 is 0 Å². The molecule has 0 atom stereocenters. The summed E-state index contributed by atoms with van der Waals surface area (Å²) < 4.78 is 0. The summed E-state index contributed by atoms with van der Waals surface area (Å²) in [5, 5.41) is 4.90. The van der Waals surface area contributed by atoms with E-state index in [0.717, 1.165) is 11.4 Å². The van der Waals surface area contributed by atoms with Crippen LogP contribution in [0, 0.1) is 41.5 Å². The molecule has 1 aliphatic heterocycles. The van der Waals surface area contributed by atoms with Gasteiger partial charge in [0.05, 0.1) is 11.4 Å². The van der Waals surface area contributed by atoms with Crippen molar-refractivity contribution >= 4 is 11.4 Å². The highest BCUT2D eigenvalue weighted by atomic mass is 14.9. The monoisotopic (exact) mass is 402 g/mol. The fourth-order valence-corrected chi connectivity index (χ4v) is 5.41. The summed E-state index contributed by atoms with van der Waals surface area (Å²) in [6.07, 6.45) is 0. The SMILES string of the molecule is Cc1cc(C)c(-c2ccc3c(c2)-c2cc(-c4c(C)cc(C)cc4C)ccc2[N]3)c(C)c1. The van der Waals surface area contributed by atoms with E-state index in [2.05, 4.69) is 102 Å². The van der Waals surface area contributed by atoms with Gasteiger partial charge in [-0.25, -0.2) is 5.32 Å². The highest BCUT2D eigenvalue weighted by Gasteiger charge is 2.22. The Hall–Kier alpha value is -3.32. The number of aryl methyl sites for hydroxylation is 6. The van der Waals surface area contributed by atoms with E-state index in [4.69, 9.17) is 5.32 Å². The Labute approximate surface area is 185 Å². The normalized spacial score (nSPS) is 11.8. The van der Waals surface area contributed by atoms with E-state index in [1.807, 2.05) is 0 Å². The van der Waals surface area contributed by atoms with Crippen molar-refractivity contribution < 1.29 is 0 Å². The van der Waals surface area contributed by atoms with Gasteiger partial charge in [0.2, 0.25) is 0 Å². The standard InChI is InChI=1S/C30H28N/c1-17-11-19(3)29(20(4)12-17)23-7-9-27-25(15-23)26-16-24(8-10-28(26)31-27)30-21(5)13-18(2)14-22(30)6/h7-16H,1-6H3. The molecular formula is C30H28N. The van der Waals surface area contributed by atoms with Crippen molar-refractivity contribution in [1.29, 1.82) is 0 Å². The average Bonchev–Trinajstić information content (AvgIpc) is 3.04. The number of fused-ring (bicyclic) bond motifs is 3. The minimum Gasteiger partial charge on any atom is -0.248 e. The fourth-order valence-electron chi connectivity index (χ4n) is 5.41. The van der Waals surface area contributed by atoms with Crippen LogP contribution in [0.3, 0.4) is 0 Å². The van der Waals surface area contributed by atoms with Gasteiger partial charge < -0.3 is 0 Å². The molecule has 0 saturated carbocycles. The molecule has 4 aromatic carbocycles. The van der Waals surface area contributed by atoms with Crippen LogP contribution in [0.5, 0.6) is 0 Å². The second-order valence-corrected chi connectivity index (χ2v) is 9.12. The summed E-state index contributed by atoms with van der Waals surface area (Å²) in [4.78, 5) is 0. The molecular weight excluding hydrogens is 374 g/mol. The molecule has 0 bridgehead atoms. The molecule has 1 heteroatoms. The summed E-state index contributed by atoms with van der Waals surface area (Å²) in [6, 6.07) is 22.5. The number of hydrogen-bond donors (Lipinski definition) is 0. The average molecular weight is 403 g/mol. The molecule has 5 rings (SSSR count). The van der Waals surface area contributed by atoms with Crippen LogP contribution in [0.1, 0.15) is 33.4 Å². The summed E-state index contributed by atoms with van der Waals surface area (Å²) >= 11 is 0. The van der Waals surface area contributed by atoms with Crippen LogP contribution in [-0.2, 0) is 0 Å². The van der Waals surface area contributed by atoms with Gasteiger partial charge in [0, 0.05) is 11.1 Å². The van der Waals surface area contributed by atoms with E-state index >= 15 is 0 Å². The topological polar surface area (TPSA) is 14.1 Å². The Morgan fingerprint density at radius 1 is 0.452 bits per heavy atom. The quantitative estimate of drug-likeness (QED) is 0.281. The van der Waals surface area contributed by atoms with Crippen molar-refractivity contribution in [2.45, 2.75) is 41.5 Å². The van der Waals surface area contributed by atoms with E-state index in [1.54, 1.807) is 0 Å². The van der Waals surface area contributed by atoms with E-state index in [-0.39, 0.29) is 0 Å². The predicted octanol–water partition coefficient (Wildman–Crippen LogP) is 8.42. The molecule has 0 fully saturated rings. The number of rotatable bonds is 2. The van der Waals surface area contributed by atoms with Gasteiger partial charge in [0.15, 0.2) is 0 Å². The molecule has 0 N–H and O–H groups in total.